The van der Waals surface area contributed by atoms with Crippen molar-refractivity contribution < 1.29 is 18.7 Å². The predicted molar refractivity (Wildman–Crippen MR) is 131 cm³/mol. The monoisotopic (exact) mass is 483 g/mol. The van der Waals surface area contributed by atoms with Gasteiger partial charge in [0.1, 0.15) is 6.17 Å². The first kappa shape index (κ1) is 25.8. The molecule has 1 aliphatic rings. The number of methoxy groups -OCH3 is 1. The van der Waals surface area contributed by atoms with Gasteiger partial charge in [0.15, 0.2) is 5.78 Å². The van der Waals surface area contributed by atoms with E-state index in [1.165, 1.54) is 35.9 Å². The number of carbonyl (C=O) groups excluding carboxylic acids is 2. The predicted octanol–water partition coefficient (Wildman–Crippen LogP) is 2.96. The maximum absolute atomic E-state index is 14.7. The van der Waals surface area contributed by atoms with E-state index >= 15 is 0 Å². The Morgan fingerprint density at radius 3 is 2.77 bits per heavy atom. The first-order chi connectivity index (χ1) is 16.7. The van der Waals surface area contributed by atoms with Crippen LogP contribution in [0.1, 0.15) is 32.3 Å². The van der Waals surface area contributed by atoms with Crippen molar-refractivity contribution in [3.8, 4) is 5.88 Å². The quantitative estimate of drug-likeness (QED) is 0.557. The molecular formula is C25H30FN5O4. The number of halogens is 1. The molecule has 35 heavy (non-hydrogen) atoms. The number of alkyl halides is 1. The number of aryl methyl sites for hydroxylation is 1. The fraction of sp³-hybridized carbons (Fsp3) is 0.400. The number of allylic oxidation sites excluding steroid dienone is 1. The molecule has 0 spiro atoms. The van der Waals surface area contributed by atoms with Crippen molar-refractivity contribution in [3.05, 3.63) is 64.3 Å². The Morgan fingerprint density at radius 1 is 1.31 bits per heavy atom. The van der Waals surface area contributed by atoms with E-state index in [0.717, 1.165) is 0 Å². The lowest BCUT2D eigenvalue weighted by Gasteiger charge is -2.18. The summed E-state index contributed by atoms with van der Waals surface area (Å²) in [6.07, 6.45) is 5.93. The van der Waals surface area contributed by atoms with E-state index in [2.05, 4.69) is 15.4 Å². The van der Waals surface area contributed by atoms with Gasteiger partial charge < -0.3 is 14.6 Å². The summed E-state index contributed by atoms with van der Waals surface area (Å²) in [5.41, 5.74) is 1.34. The highest BCUT2D eigenvalue weighted by Crippen LogP contribution is 2.19. The molecule has 0 saturated carbocycles. The summed E-state index contributed by atoms with van der Waals surface area (Å²) in [7, 11) is 1.51. The van der Waals surface area contributed by atoms with Crippen LogP contribution in [0.3, 0.4) is 0 Å². The topological polar surface area (TPSA) is 106 Å². The SMILES string of the molecule is COc1ccc(CC(=O)Nc2ccn(CCC(F)CN3C=C(C(C)=O)C(C)CC=N3)c(=O)c2)cn1. The molecule has 186 valence electrons. The summed E-state index contributed by atoms with van der Waals surface area (Å²) in [6, 6.07) is 6.31. The highest BCUT2D eigenvalue weighted by Gasteiger charge is 2.19. The van der Waals surface area contributed by atoms with Crippen molar-refractivity contribution in [2.75, 3.05) is 19.0 Å². The molecule has 9 nitrogen and oxygen atoms in total. The van der Waals surface area contributed by atoms with Gasteiger partial charge in [-0.05, 0) is 37.3 Å². The molecule has 1 aliphatic heterocycles. The van der Waals surface area contributed by atoms with E-state index in [4.69, 9.17) is 4.74 Å². The fourth-order valence-electron chi connectivity index (χ4n) is 3.67. The Hall–Kier alpha value is -3.82. The first-order valence-electron chi connectivity index (χ1n) is 11.4. The van der Waals surface area contributed by atoms with Gasteiger partial charge in [0.05, 0.1) is 20.1 Å². The minimum atomic E-state index is -1.26. The van der Waals surface area contributed by atoms with E-state index in [-0.39, 0.29) is 49.1 Å². The zero-order valence-corrected chi connectivity index (χ0v) is 20.1. The Morgan fingerprint density at radius 2 is 2.11 bits per heavy atom. The molecule has 3 heterocycles. The molecule has 0 saturated heterocycles. The number of hydrogen-bond acceptors (Lipinski definition) is 7. The number of hydrogen-bond donors (Lipinski definition) is 1. The van der Waals surface area contributed by atoms with Gasteiger partial charge in [0.2, 0.25) is 11.8 Å². The van der Waals surface area contributed by atoms with Crippen LogP contribution in [0.15, 0.2) is 58.3 Å². The molecule has 1 N–H and O–H groups in total. The molecule has 2 aromatic heterocycles. The second-order valence-electron chi connectivity index (χ2n) is 8.46. The third-order valence-electron chi connectivity index (χ3n) is 5.63. The standard InChI is InChI=1S/C25H30FN5O4/c1-17-6-9-28-31(16-22(17)18(2)32)15-20(26)7-10-30-11-8-21(13-25(30)34)29-23(33)12-19-4-5-24(35-3)27-14-19/h4-5,8-9,11,13-14,16-17,20H,6-7,10,12,15H2,1-3H3,(H,29,33). The van der Waals surface area contributed by atoms with Crippen molar-refractivity contribution in [1.82, 2.24) is 14.6 Å². The van der Waals surface area contributed by atoms with Crippen molar-refractivity contribution in [2.45, 2.75) is 45.8 Å². The average Bonchev–Trinajstić information content (AvgIpc) is 3.00. The second kappa shape index (κ2) is 12.0. The number of hydrazone groups is 1. The van der Waals surface area contributed by atoms with Crippen LogP contribution in [0, 0.1) is 5.92 Å². The van der Waals surface area contributed by atoms with Crippen molar-refractivity contribution in [2.24, 2.45) is 11.0 Å². The number of nitrogens with one attached hydrogen (secondary N) is 1. The molecule has 0 fully saturated rings. The summed E-state index contributed by atoms with van der Waals surface area (Å²) in [4.78, 5) is 40.6. The van der Waals surface area contributed by atoms with Gasteiger partial charge in [0.25, 0.3) is 5.56 Å². The summed E-state index contributed by atoms with van der Waals surface area (Å²) in [6.45, 7) is 3.59. The van der Waals surface area contributed by atoms with Crippen molar-refractivity contribution >= 4 is 23.6 Å². The Bertz CT molecular complexity index is 1160. The van der Waals surface area contributed by atoms with Crippen LogP contribution >= 0.6 is 0 Å². The number of carbonyl (C=O) groups is 2. The lowest BCUT2D eigenvalue weighted by atomic mass is 9.96. The van der Waals surface area contributed by atoms with Gasteiger partial charge in [-0.3, -0.25) is 19.4 Å². The van der Waals surface area contributed by atoms with Gasteiger partial charge in [-0.1, -0.05) is 13.0 Å². The number of Topliss-reactive ketones (excluding diaryl/α,β-unsaturated/α-hetero) is 1. The summed E-state index contributed by atoms with van der Waals surface area (Å²) >= 11 is 0. The largest absolute Gasteiger partial charge is 0.481 e. The Kier molecular flexibility index (Phi) is 8.88. The minimum absolute atomic E-state index is 0.0108. The molecule has 2 atom stereocenters. The lowest BCUT2D eigenvalue weighted by molar-refractivity contribution is -0.116. The summed E-state index contributed by atoms with van der Waals surface area (Å²) < 4.78 is 21.0. The van der Waals surface area contributed by atoms with Crippen LogP contribution in [0.25, 0.3) is 0 Å². The lowest BCUT2D eigenvalue weighted by Crippen LogP contribution is -2.26. The molecule has 10 heteroatoms. The normalized spacial score (nSPS) is 16.3. The molecule has 0 bridgehead atoms. The average molecular weight is 484 g/mol. The molecule has 0 radical (unpaired) electrons. The smallest absolute Gasteiger partial charge is 0.252 e. The number of ether oxygens (including phenoxy) is 1. The number of ketones is 1. The molecule has 2 unspecified atom stereocenters. The highest BCUT2D eigenvalue weighted by atomic mass is 19.1. The molecule has 0 aliphatic carbocycles. The molecule has 1 amide bonds. The van der Waals surface area contributed by atoms with E-state index in [1.807, 2.05) is 6.92 Å². The summed E-state index contributed by atoms with van der Waals surface area (Å²) in [5.74, 6) is 0.148. The van der Waals surface area contributed by atoms with E-state index in [0.29, 0.717) is 29.1 Å². The van der Waals surface area contributed by atoms with E-state index < -0.39 is 6.17 Å². The van der Waals surface area contributed by atoms with Gasteiger partial charge in [-0.25, -0.2) is 9.37 Å². The van der Waals surface area contributed by atoms with Crippen LogP contribution in [0.2, 0.25) is 0 Å². The van der Waals surface area contributed by atoms with Crippen LogP contribution in [-0.2, 0) is 22.6 Å². The Labute approximate surface area is 203 Å². The number of nitrogens with zero attached hydrogens (tertiary/aromatic N) is 4. The Balaban J connectivity index is 1.52. The van der Waals surface area contributed by atoms with Gasteiger partial charge in [-0.2, -0.15) is 5.10 Å². The molecular weight excluding hydrogens is 453 g/mol. The van der Waals surface area contributed by atoms with E-state index in [9.17, 15) is 18.8 Å². The van der Waals surface area contributed by atoms with Crippen LogP contribution in [0.4, 0.5) is 10.1 Å². The second-order valence-corrected chi connectivity index (χ2v) is 8.46. The minimum Gasteiger partial charge on any atom is -0.481 e. The van der Waals surface area contributed by atoms with Crippen molar-refractivity contribution in [3.63, 3.8) is 0 Å². The molecule has 2 aromatic rings. The zero-order valence-electron chi connectivity index (χ0n) is 20.1. The third-order valence-corrected chi connectivity index (χ3v) is 5.63. The van der Waals surface area contributed by atoms with Gasteiger partial charge in [-0.15, -0.1) is 0 Å². The number of pyridine rings is 2. The van der Waals surface area contributed by atoms with Gasteiger partial charge >= 0.3 is 0 Å². The molecule has 0 aromatic carbocycles. The number of anilines is 1. The third kappa shape index (κ3) is 7.59. The first-order valence-corrected chi connectivity index (χ1v) is 11.4. The molecule has 3 rings (SSSR count). The number of rotatable bonds is 10. The van der Waals surface area contributed by atoms with Crippen LogP contribution in [-0.4, -0.2) is 52.3 Å². The van der Waals surface area contributed by atoms with Crippen molar-refractivity contribution in [1.29, 1.82) is 0 Å². The zero-order chi connectivity index (χ0) is 25.4. The fourth-order valence-corrected chi connectivity index (χ4v) is 3.67. The summed E-state index contributed by atoms with van der Waals surface area (Å²) in [5, 5.41) is 8.35. The number of amides is 1. The maximum atomic E-state index is 14.7. The highest BCUT2D eigenvalue weighted by molar-refractivity contribution is 5.94. The maximum Gasteiger partial charge on any atom is 0.252 e. The van der Waals surface area contributed by atoms with Crippen LogP contribution in [0.5, 0.6) is 5.88 Å². The van der Waals surface area contributed by atoms with Crippen LogP contribution < -0.4 is 15.6 Å². The van der Waals surface area contributed by atoms with Gasteiger partial charge in [0, 0.05) is 54.7 Å². The number of aromatic nitrogens is 2. The van der Waals surface area contributed by atoms with E-state index in [1.54, 1.807) is 36.8 Å².